The molecule has 0 atom stereocenters. The highest BCUT2D eigenvalue weighted by atomic mass is 15.1. The molecule has 6 nitrogen and oxygen atoms in total. The van der Waals surface area contributed by atoms with E-state index < -0.39 is 0 Å². The first-order valence-corrected chi connectivity index (χ1v) is 24.2. The van der Waals surface area contributed by atoms with Crippen molar-refractivity contribution in [1.82, 2.24) is 18.3 Å². The van der Waals surface area contributed by atoms with Crippen molar-refractivity contribution in [2.75, 3.05) is 0 Å². The third kappa shape index (κ3) is 5.02. The molecule has 0 unspecified atom stereocenters. The lowest BCUT2D eigenvalue weighted by Crippen LogP contribution is -2.17. The number of fused-ring (bicyclic) bond motifs is 15. The molecule has 0 radical (unpaired) electrons. The van der Waals surface area contributed by atoms with Crippen LogP contribution in [0.3, 0.4) is 0 Å². The predicted octanol–water partition coefficient (Wildman–Crippen LogP) is 16.1. The third-order valence-electron chi connectivity index (χ3n) is 15.6. The first kappa shape index (κ1) is 39.4. The smallest absolute Gasteiger partial charge is 0.103 e. The molecule has 10 aromatic carbocycles. The molecule has 0 bridgehead atoms. The molecule has 0 amide bonds. The Labute approximate surface area is 407 Å². The van der Waals surface area contributed by atoms with Crippen LogP contribution in [0.2, 0.25) is 0 Å². The Kier molecular flexibility index (Phi) is 7.88. The van der Waals surface area contributed by atoms with Crippen molar-refractivity contribution >= 4 is 87.2 Å². The monoisotopic (exact) mass is 904 g/mol. The second-order valence-electron chi connectivity index (χ2n) is 19.4. The highest BCUT2D eigenvalue weighted by Gasteiger charge is 2.38. The van der Waals surface area contributed by atoms with E-state index in [1.165, 1.54) is 22.3 Å². The highest BCUT2D eigenvalue weighted by Crippen LogP contribution is 2.53. The maximum absolute atomic E-state index is 12.3. The molecule has 0 saturated heterocycles. The summed E-state index contributed by atoms with van der Waals surface area (Å²) < 4.78 is 9.32. The molecule has 0 saturated carbocycles. The van der Waals surface area contributed by atoms with Crippen molar-refractivity contribution in [2.45, 2.75) is 19.3 Å². The van der Waals surface area contributed by atoms with Gasteiger partial charge in [0.05, 0.1) is 78.0 Å². The van der Waals surface area contributed by atoms with Gasteiger partial charge in [0.1, 0.15) is 12.1 Å². The fourth-order valence-electron chi connectivity index (χ4n) is 12.7. The summed E-state index contributed by atoms with van der Waals surface area (Å²) in [5.41, 5.74) is 15.8. The second-order valence-corrected chi connectivity index (χ2v) is 19.4. The zero-order valence-corrected chi connectivity index (χ0v) is 38.8. The van der Waals surface area contributed by atoms with E-state index in [0.29, 0.717) is 11.4 Å². The minimum atomic E-state index is -0.304. The van der Waals surface area contributed by atoms with Crippen molar-refractivity contribution < 1.29 is 0 Å². The summed E-state index contributed by atoms with van der Waals surface area (Å²) in [6, 6.07) is 78.8. The fourth-order valence-corrected chi connectivity index (χ4v) is 12.7. The van der Waals surface area contributed by atoms with Gasteiger partial charge in [0.2, 0.25) is 0 Å². The topological polar surface area (TPSA) is 67.3 Å². The van der Waals surface area contributed by atoms with Crippen LogP contribution in [0.4, 0.5) is 0 Å². The van der Waals surface area contributed by atoms with Crippen molar-refractivity contribution in [3.63, 3.8) is 0 Å². The van der Waals surface area contributed by atoms with E-state index in [9.17, 15) is 10.5 Å². The summed E-state index contributed by atoms with van der Waals surface area (Å²) in [4.78, 5) is 0. The van der Waals surface area contributed by atoms with E-state index in [1.807, 2.05) is 0 Å². The largest absolute Gasteiger partial charge is 0.306 e. The number of nitrogens with zero attached hydrogens (tertiary/aromatic N) is 6. The van der Waals surface area contributed by atoms with E-state index in [2.05, 4.69) is 251 Å². The summed E-state index contributed by atoms with van der Waals surface area (Å²) in [5.74, 6) is 0. The van der Waals surface area contributed by atoms with Gasteiger partial charge in [0.25, 0.3) is 0 Å². The fraction of sp³-hybridized carbons (Fsp3) is 0.0462. The minimum absolute atomic E-state index is 0.287. The molecule has 4 heterocycles. The van der Waals surface area contributed by atoms with Crippen LogP contribution in [0, 0.1) is 22.7 Å². The molecule has 1 aliphatic rings. The molecule has 1 aliphatic carbocycles. The molecule has 6 heteroatoms. The number of hydrogen-bond donors (Lipinski definition) is 0. The molecule has 14 aromatic rings. The standard InChI is InChI=1S/C65H40N6/c1-65(2)51-27-11-3-19-39(51)47-35-48-46-26-10-18-34-59(46)71(60(48)36-52(47)65)62-50(38-67)49(37-66)61(68-53-28-12-4-20-40(53)41-21-5-13-29-54(41)68)63(69-55-30-14-6-22-42(55)43-23-7-15-31-56(43)69)64(62)70-57-32-16-8-24-44(57)45-25-9-17-33-58(45)70/h3-36H,1-2H3. The number of para-hydroxylation sites is 7. The average molecular weight is 905 g/mol. The van der Waals surface area contributed by atoms with Gasteiger partial charge >= 0.3 is 0 Å². The summed E-state index contributed by atoms with van der Waals surface area (Å²) in [6.45, 7) is 4.63. The van der Waals surface area contributed by atoms with Gasteiger partial charge in [-0.1, -0.05) is 166 Å². The number of hydrogen-bond acceptors (Lipinski definition) is 2. The number of benzene rings is 10. The summed E-state index contributed by atoms with van der Waals surface area (Å²) in [6.07, 6.45) is 0. The van der Waals surface area contributed by atoms with E-state index in [4.69, 9.17) is 0 Å². The number of aromatic nitrogens is 4. The first-order valence-electron chi connectivity index (χ1n) is 24.2. The van der Waals surface area contributed by atoms with Crippen molar-refractivity contribution in [1.29, 1.82) is 10.5 Å². The van der Waals surface area contributed by atoms with Gasteiger partial charge in [0, 0.05) is 48.5 Å². The van der Waals surface area contributed by atoms with Gasteiger partial charge < -0.3 is 18.3 Å². The Hall–Kier alpha value is -9.62. The molecule has 0 N–H and O–H groups in total. The van der Waals surface area contributed by atoms with Crippen LogP contribution >= 0.6 is 0 Å². The maximum Gasteiger partial charge on any atom is 0.103 e. The number of rotatable bonds is 4. The lowest BCUT2D eigenvalue weighted by Gasteiger charge is -2.28. The van der Waals surface area contributed by atoms with Crippen molar-refractivity contribution in [3.05, 3.63) is 229 Å². The van der Waals surface area contributed by atoms with Crippen LogP contribution in [-0.4, -0.2) is 18.3 Å². The normalized spacial score (nSPS) is 13.0. The van der Waals surface area contributed by atoms with Crippen LogP contribution in [0.15, 0.2) is 206 Å². The first-order chi connectivity index (χ1) is 35.0. The van der Waals surface area contributed by atoms with Crippen LogP contribution < -0.4 is 0 Å². The van der Waals surface area contributed by atoms with E-state index >= 15 is 0 Å². The van der Waals surface area contributed by atoms with Gasteiger partial charge in [-0.05, 0) is 76.9 Å². The zero-order chi connectivity index (χ0) is 47.3. The third-order valence-corrected chi connectivity index (χ3v) is 15.6. The van der Waals surface area contributed by atoms with Gasteiger partial charge in [-0.2, -0.15) is 10.5 Å². The molecule has 71 heavy (non-hydrogen) atoms. The maximum atomic E-state index is 12.3. The minimum Gasteiger partial charge on any atom is -0.306 e. The Balaban J connectivity index is 1.27. The Morgan fingerprint density at radius 3 is 0.958 bits per heavy atom. The van der Waals surface area contributed by atoms with Gasteiger partial charge in [-0.25, -0.2) is 0 Å². The SMILES string of the molecule is CC1(C)c2ccccc2-c2cc3c4ccccc4n(-c4c(C#N)c(C#N)c(-n5c6ccccc6c6ccccc65)c(-n5c6ccccc6c6ccccc65)c4-n4c5ccccc5c5ccccc54)c3cc21. The Morgan fingerprint density at radius 1 is 0.296 bits per heavy atom. The molecule has 330 valence electrons. The number of nitriles is 2. The van der Waals surface area contributed by atoms with E-state index in [0.717, 1.165) is 98.6 Å². The molecular formula is C65H40N6. The lowest BCUT2D eigenvalue weighted by molar-refractivity contribution is 0.661. The van der Waals surface area contributed by atoms with Gasteiger partial charge in [-0.15, -0.1) is 0 Å². The van der Waals surface area contributed by atoms with Gasteiger partial charge in [-0.3, -0.25) is 0 Å². The summed E-state index contributed by atoms with van der Waals surface area (Å²) >= 11 is 0. The van der Waals surface area contributed by atoms with Crippen LogP contribution in [0.25, 0.3) is 121 Å². The summed E-state index contributed by atoms with van der Waals surface area (Å²) in [5, 5.41) is 33.0. The van der Waals surface area contributed by atoms with E-state index in [-0.39, 0.29) is 16.5 Å². The molecule has 4 aromatic heterocycles. The van der Waals surface area contributed by atoms with Crippen molar-refractivity contribution in [2.24, 2.45) is 0 Å². The highest BCUT2D eigenvalue weighted by molar-refractivity contribution is 6.17. The van der Waals surface area contributed by atoms with E-state index in [1.54, 1.807) is 0 Å². The Bertz CT molecular complexity index is 4600. The molecule has 0 aliphatic heterocycles. The van der Waals surface area contributed by atoms with Crippen LogP contribution in [-0.2, 0) is 5.41 Å². The molecular weight excluding hydrogens is 865 g/mol. The van der Waals surface area contributed by atoms with Crippen molar-refractivity contribution in [3.8, 4) is 46.0 Å². The molecule has 15 rings (SSSR count). The Morgan fingerprint density at radius 2 is 0.592 bits per heavy atom. The lowest BCUT2D eigenvalue weighted by atomic mass is 9.82. The van der Waals surface area contributed by atoms with Gasteiger partial charge in [0.15, 0.2) is 0 Å². The predicted molar refractivity (Wildman–Crippen MR) is 291 cm³/mol. The molecule has 0 fully saturated rings. The quantitative estimate of drug-likeness (QED) is 0.177. The van der Waals surface area contributed by atoms with Crippen LogP contribution in [0.1, 0.15) is 36.1 Å². The zero-order valence-electron chi connectivity index (χ0n) is 38.8. The second kappa shape index (κ2) is 14.2. The van der Waals surface area contributed by atoms with Crippen LogP contribution in [0.5, 0.6) is 0 Å². The average Bonchev–Trinajstić information content (AvgIpc) is 4.19. The molecule has 0 spiro atoms. The summed E-state index contributed by atoms with van der Waals surface area (Å²) in [7, 11) is 0.